The Balaban J connectivity index is 1.79. The fourth-order valence-corrected chi connectivity index (χ4v) is 6.37. The molecule has 2 saturated heterocycles. The van der Waals surface area contributed by atoms with Gasteiger partial charge in [0.05, 0.1) is 0 Å². The smallest absolute Gasteiger partial charge is 0.252 e. The van der Waals surface area contributed by atoms with Gasteiger partial charge in [0.1, 0.15) is 4.21 Å². The van der Waals surface area contributed by atoms with Crippen LogP contribution in [0.2, 0.25) is 0 Å². The Kier molecular flexibility index (Phi) is 3.92. The number of fused-ring (bicyclic) bond motifs is 1. The molecule has 20 heavy (non-hydrogen) atoms. The highest BCUT2D eigenvalue weighted by Gasteiger charge is 2.47. The molecule has 0 aromatic carbocycles. The van der Waals surface area contributed by atoms with Crippen LogP contribution in [0.5, 0.6) is 0 Å². The normalized spacial score (nSPS) is 28.4. The second-order valence-corrected chi connectivity index (χ2v) is 9.21. The molecule has 0 bridgehead atoms. The molecule has 0 amide bonds. The average Bonchev–Trinajstić information content (AvgIpc) is 3.04. The molecule has 2 aliphatic heterocycles. The van der Waals surface area contributed by atoms with E-state index < -0.39 is 10.0 Å². The van der Waals surface area contributed by atoms with Crippen molar-refractivity contribution in [2.75, 3.05) is 19.6 Å². The molecule has 0 unspecified atom stereocenters. The first kappa shape index (κ1) is 14.5. The van der Waals surface area contributed by atoms with E-state index in [1.807, 2.05) is 11.4 Å². The summed E-state index contributed by atoms with van der Waals surface area (Å²) in [6, 6.07) is 4.13. The van der Waals surface area contributed by atoms with E-state index in [0.29, 0.717) is 22.7 Å². The summed E-state index contributed by atoms with van der Waals surface area (Å²) in [5.74, 6) is 0.636. The Bertz CT molecular complexity index is 554. The van der Waals surface area contributed by atoms with Crippen molar-refractivity contribution in [1.82, 2.24) is 9.21 Å². The third kappa shape index (κ3) is 2.43. The van der Waals surface area contributed by atoms with Crippen LogP contribution < -0.4 is 0 Å². The minimum absolute atomic E-state index is 0.181. The topological polar surface area (TPSA) is 40.6 Å². The fraction of sp³-hybridized carbons (Fsp3) is 0.714. The second-order valence-electron chi connectivity index (χ2n) is 6.15. The number of likely N-dealkylation sites (tertiary alicyclic amines) is 1. The molecule has 2 aliphatic rings. The van der Waals surface area contributed by atoms with Crippen LogP contribution in [-0.2, 0) is 10.0 Å². The fourth-order valence-electron chi connectivity index (χ4n) is 3.56. The summed E-state index contributed by atoms with van der Waals surface area (Å²) in [5, 5.41) is 1.83. The summed E-state index contributed by atoms with van der Waals surface area (Å²) in [7, 11) is -3.28. The van der Waals surface area contributed by atoms with Gasteiger partial charge in [-0.15, -0.1) is 11.3 Å². The van der Waals surface area contributed by atoms with Crippen LogP contribution in [0, 0.1) is 5.92 Å². The number of hydrogen-bond acceptors (Lipinski definition) is 4. The first-order chi connectivity index (χ1) is 9.50. The van der Waals surface area contributed by atoms with Crippen LogP contribution in [0.25, 0.3) is 0 Å². The number of nitrogens with zero attached hydrogens (tertiary/aromatic N) is 2. The summed E-state index contributed by atoms with van der Waals surface area (Å²) in [4.78, 5) is 2.49. The number of hydrogen-bond donors (Lipinski definition) is 0. The molecule has 4 nitrogen and oxygen atoms in total. The van der Waals surface area contributed by atoms with E-state index in [1.165, 1.54) is 11.3 Å². The molecule has 0 radical (unpaired) electrons. The van der Waals surface area contributed by atoms with Crippen molar-refractivity contribution in [1.29, 1.82) is 0 Å². The predicted molar refractivity (Wildman–Crippen MR) is 81.4 cm³/mol. The van der Waals surface area contributed by atoms with Crippen LogP contribution >= 0.6 is 11.3 Å². The van der Waals surface area contributed by atoms with Crippen LogP contribution in [0.15, 0.2) is 21.7 Å². The SMILES string of the molecule is CC(C)CN1CC[C@@H]2[C@@H]1CCN2S(=O)(=O)c1cccs1. The average molecular weight is 314 g/mol. The standard InChI is InChI=1S/C14H22N2O2S2/c1-11(2)10-15-7-5-13-12(15)6-8-16(13)20(17,18)14-4-3-9-19-14/h3-4,9,11-13H,5-8,10H2,1-2H3/t12-,13+/m0/s1. The van der Waals surface area contributed by atoms with E-state index >= 15 is 0 Å². The van der Waals surface area contributed by atoms with Crippen molar-refractivity contribution in [3.05, 3.63) is 17.5 Å². The van der Waals surface area contributed by atoms with Crippen molar-refractivity contribution in [2.24, 2.45) is 5.92 Å². The lowest BCUT2D eigenvalue weighted by Crippen LogP contribution is -2.40. The van der Waals surface area contributed by atoms with E-state index in [9.17, 15) is 8.42 Å². The Labute approximate surface area is 125 Å². The predicted octanol–water partition coefficient (Wildman–Crippen LogP) is 2.24. The summed E-state index contributed by atoms with van der Waals surface area (Å²) in [6.07, 6.45) is 1.95. The molecule has 1 aromatic rings. The zero-order valence-corrected chi connectivity index (χ0v) is 13.7. The molecule has 0 aliphatic carbocycles. The molecule has 6 heteroatoms. The van der Waals surface area contributed by atoms with Gasteiger partial charge in [-0.2, -0.15) is 4.31 Å². The maximum Gasteiger partial charge on any atom is 0.252 e. The van der Waals surface area contributed by atoms with Crippen LogP contribution in [0.1, 0.15) is 26.7 Å². The highest BCUT2D eigenvalue weighted by molar-refractivity contribution is 7.91. The summed E-state index contributed by atoms with van der Waals surface area (Å²) in [5.41, 5.74) is 0. The van der Waals surface area contributed by atoms with Gasteiger partial charge in [0.25, 0.3) is 10.0 Å². The van der Waals surface area contributed by atoms with Crippen molar-refractivity contribution < 1.29 is 8.42 Å². The van der Waals surface area contributed by atoms with Gasteiger partial charge in [0.15, 0.2) is 0 Å². The lowest BCUT2D eigenvalue weighted by Gasteiger charge is -2.26. The summed E-state index contributed by atoms with van der Waals surface area (Å²) >= 11 is 1.32. The number of thiophene rings is 1. The van der Waals surface area contributed by atoms with Gasteiger partial charge < -0.3 is 0 Å². The molecule has 112 valence electrons. The molecular weight excluding hydrogens is 292 g/mol. The van der Waals surface area contributed by atoms with Gasteiger partial charge in [0.2, 0.25) is 0 Å². The quantitative estimate of drug-likeness (QED) is 0.856. The van der Waals surface area contributed by atoms with Gasteiger partial charge in [-0.05, 0) is 30.2 Å². The summed E-state index contributed by atoms with van der Waals surface area (Å²) < 4.78 is 27.6. The lowest BCUT2D eigenvalue weighted by molar-refractivity contribution is 0.222. The summed E-state index contributed by atoms with van der Waals surface area (Å²) in [6.45, 7) is 7.23. The highest BCUT2D eigenvalue weighted by atomic mass is 32.2. The minimum atomic E-state index is -3.28. The Morgan fingerprint density at radius 1 is 1.30 bits per heavy atom. The largest absolute Gasteiger partial charge is 0.298 e. The van der Waals surface area contributed by atoms with E-state index in [2.05, 4.69) is 18.7 Å². The minimum Gasteiger partial charge on any atom is -0.298 e. The zero-order chi connectivity index (χ0) is 14.3. The van der Waals surface area contributed by atoms with E-state index in [4.69, 9.17) is 0 Å². The molecule has 2 atom stereocenters. The molecule has 3 rings (SSSR count). The second kappa shape index (κ2) is 5.40. The van der Waals surface area contributed by atoms with Crippen LogP contribution in [0.3, 0.4) is 0 Å². The van der Waals surface area contributed by atoms with Gasteiger partial charge in [-0.1, -0.05) is 19.9 Å². The molecule has 1 aromatic heterocycles. The van der Waals surface area contributed by atoms with Gasteiger partial charge >= 0.3 is 0 Å². The maximum atomic E-state index is 12.7. The molecule has 3 heterocycles. The highest BCUT2D eigenvalue weighted by Crippen LogP contribution is 2.36. The third-order valence-corrected chi connectivity index (χ3v) is 7.60. The van der Waals surface area contributed by atoms with E-state index in [-0.39, 0.29) is 6.04 Å². The van der Waals surface area contributed by atoms with Gasteiger partial charge in [-0.25, -0.2) is 8.42 Å². The first-order valence-corrected chi connectivity index (χ1v) is 9.61. The van der Waals surface area contributed by atoms with E-state index in [0.717, 1.165) is 25.9 Å². The lowest BCUT2D eigenvalue weighted by atomic mass is 10.1. The maximum absolute atomic E-state index is 12.7. The Morgan fingerprint density at radius 2 is 2.05 bits per heavy atom. The number of rotatable bonds is 4. The molecular formula is C14H22N2O2S2. The van der Waals surface area contributed by atoms with Gasteiger partial charge in [-0.3, -0.25) is 4.90 Å². The monoisotopic (exact) mass is 314 g/mol. The zero-order valence-electron chi connectivity index (χ0n) is 12.0. The number of sulfonamides is 1. The van der Waals surface area contributed by atoms with Crippen molar-refractivity contribution in [2.45, 2.75) is 43.0 Å². The first-order valence-electron chi connectivity index (χ1n) is 7.29. The Hall–Kier alpha value is -0.430. The third-order valence-electron chi connectivity index (χ3n) is 4.30. The van der Waals surface area contributed by atoms with Gasteiger partial charge in [0, 0.05) is 31.7 Å². The van der Waals surface area contributed by atoms with Crippen molar-refractivity contribution in [3.8, 4) is 0 Å². The van der Waals surface area contributed by atoms with Crippen LogP contribution in [-0.4, -0.2) is 49.3 Å². The van der Waals surface area contributed by atoms with Crippen molar-refractivity contribution >= 4 is 21.4 Å². The molecule has 0 saturated carbocycles. The van der Waals surface area contributed by atoms with E-state index in [1.54, 1.807) is 10.4 Å². The van der Waals surface area contributed by atoms with Crippen molar-refractivity contribution in [3.63, 3.8) is 0 Å². The molecule has 0 N–H and O–H groups in total. The molecule has 2 fully saturated rings. The Morgan fingerprint density at radius 3 is 2.70 bits per heavy atom. The van der Waals surface area contributed by atoms with Crippen LogP contribution in [0.4, 0.5) is 0 Å². The molecule has 0 spiro atoms.